The van der Waals surface area contributed by atoms with Gasteiger partial charge in [0.25, 0.3) is 11.2 Å². The van der Waals surface area contributed by atoms with Gasteiger partial charge in [0.15, 0.2) is 0 Å². The number of hydrogen-bond acceptors (Lipinski definition) is 6. The van der Waals surface area contributed by atoms with Crippen LogP contribution in [0.1, 0.15) is 11.1 Å². The van der Waals surface area contributed by atoms with E-state index in [2.05, 4.69) is 4.98 Å². The first-order chi connectivity index (χ1) is 14.4. The molecule has 2 aromatic carbocycles. The van der Waals surface area contributed by atoms with E-state index in [4.69, 9.17) is 11.1 Å². The molecule has 4 aromatic rings. The van der Waals surface area contributed by atoms with Gasteiger partial charge in [0.2, 0.25) is 0 Å². The molecular formula is C22H17N5O3. The molecule has 0 radical (unpaired) electrons. The summed E-state index contributed by atoms with van der Waals surface area (Å²) in [5.41, 5.74) is 8.59. The van der Waals surface area contributed by atoms with Crippen LogP contribution in [0.5, 0.6) is 0 Å². The zero-order chi connectivity index (χ0) is 21.4. The lowest BCUT2D eigenvalue weighted by Gasteiger charge is -2.13. The first kappa shape index (κ1) is 19.0. The van der Waals surface area contributed by atoms with Crippen LogP contribution in [0.25, 0.3) is 33.1 Å². The number of aromatic nitrogens is 2. The molecule has 0 aliphatic heterocycles. The fourth-order valence-corrected chi connectivity index (χ4v) is 3.51. The number of benzene rings is 2. The fraction of sp³-hybridized carbons (Fsp3) is 0.0455. The minimum absolute atomic E-state index is 0.0624. The lowest BCUT2D eigenvalue weighted by atomic mass is 10.0. The van der Waals surface area contributed by atoms with Crippen molar-refractivity contribution in [3.8, 4) is 5.69 Å². The van der Waals surface area contributed by atoms with Gasteiger partial charge in [0.05, 0.1) is 21.6 Å². The number of nitro benzene ring substituents is 1. The molecule has 3 N–H and O–H groups in total. The van der Waals surface area contributed by atoms with Gasteiger partial charge in [-0.3, -0.25) is 24.5 Å². The van der Waals surface area contributed by atoms with E-state index in [1.165, 1.54) is 22.9 Å². The van der Waals surface area contributed by atoms with E-state index in [9.17, 15) is 14.9 Å². The molecule has 0 spiro atoms. The summed E-state index contributed by atoms with van der Waals surface area (Å²) in [7, 11) is 0. The maximum atomic E-state index is 12.9. The van der Waals surface area contributed by atoms with Crippen LogP contribution < -0.4 is 11.3 Å². The Morgan fingerprint density at radius 3 is 2.70 bits per heavy atom. The smallest absolute Gasteiger partial charge is 0.274 e. The van der Waals surface area contributed by atoms with Gasteiger partial charge in [0, 0.05) is 52.7 Å². The van der Waals surface area contributed by atoms with Crippen molar-refractivity contribution in [2.24, 2.45) is 5.73 Å². The number of allylic oxidation sites excluding steroid dienone is 1. The topological polar surface area (TPSA) is 128 Å². The van der Waals surface area contributed by atoms with E-state index in [1.54, 1.807) is 43.5 Å². The molecule has 0 aliphatic rings. The summed E-state index contributed by atoms with van der Waals surface area (Å²) in [5.74, 6) is 0. The molecule has 2 heterocycles. The van der Waals surface area contributed by atoms with Crippen molar-refractivity contribution >= 4 is 39.3 Å². The second-order valence-corrected chi connectivity index (χ2v) is 6.80. The highest BCUT2D eigenvalue weighted by Gasteiger charge is 2.16. The molecule has 0 amide bonds. The van der Waals surface area contributed by atoms with Crippen molar-refractivity contribution < 1.29 is 4.92 Å². The van der Waals surface area contributed by atoms with Gasteiger partial charge in [-0.15, -0.1) is 0 Å². The molecule has 8 heteroatoms. The molecule has 8 nitrogen and oxygen atoms in total. The predicted octanol–water partition coefficient (Wildman–Crippen LogP) is 3.70. The van der Waals surface area contributed by atoms with Crippen LogP contribution in [0.15, 0.2) is 65.7 Å². The van der Waals surface area contributed by atoms with Crippen molar-refractivity contribution in [1.82, 2.24) is 9.55 Å². The Bertz CT molecular complexity index is 1440. The highest BCUT2D eigenvalue weighted by Crippen LogP contribution is 2.29. The van der Waals surface area contributed by atoms with Gasteiger partial charge in [-0.1, -0.05) is 12.1 Å². The molecule has 0 aliphatic carbocycles. The molecule has 0 unspecified atom stereocenters. The van der Waals surface area contributed by atoms with Crippen LogP contribution in [0.3, 0.4) is 0 Å². The highest BCUT2D eigenvalue weighted by atomic mass is 16.6. The van der Waals surface area contributed by atoms with E-state index >= 15 is 0 Å². The van der Waals surface area contributed by atoms with E-state index < -0.39 is 4.92 Å². The molecule has 30 heavy (non-hydrogen) atoms. The Hall–Kier alpha value is -4.33. The van der Waals surface area contributed by atoms with Crippen LogP contribution >= 0.6 is 0 Å². The molecule has 148 valence electrons. The van der Waals surface area contributed by atoms with Gasteiger partial charge in [-0.05, 0) is 36.8 Å². The van der Waals surface area contributed by atoms with Crippen molar-refractivity contribution in [3.05, 3.63) is 92.5 Å². The molecule has 0 saturated heterocycles. The third-order valence-electron chi connectivity index (χ3n) is 5.03. The summed E-state index contributed by atoms with van der Waals surface area (Å²) in [6, 6.07) is 13.2. The van der Waals surface area contributed by atoms with Gasteiger partial charge in [-0.25, -0.2) is 0 Å². The third-order valence-corrected chi connectivity index (χ3v) is 5.03. The van der Waals surface area contributed by atoms with E-state index in [1.807, 2.05) is 6.07 Å². The van der Waals surface area contributed by atoms with Crippen molar-refractivity contribution in [1.29, 1.82) is 5.41 Å². The van der Waals surface area contributed by atoms with Gasteiger partial charge in [0.1, 0.15) is 0 Å². The SMILES string of the molecule is Cc1ccc(-n2c(=O)ccc3cnc4ccc(/C(C=N)=C/N)cc4c32)cc1[N+](=O)[O-]. The summed E-state index contributed by atoms with van der Waals surface area (Å²) >= 11 is 0. The lowest BCUT2D eigenvalue weighted by molar-refractivity contribution is -0.385. The van der Waals surface area contributed by atoms with E-state index in [-0.39, 0.29) is 11.2 Å². The molecule has 0 saturated carbocycles. The van der Waals surface area contributed by atoms with Crippen LogP contribution in [0.2, 0.25) is 0 Å². The maximum Gasteiger partial charge on any atom is 0.274 e. The fourth-order valence-electron chi connectivity index (χ4n) is 3.51. The van der Waals surface area contributed by atoms with Crippen molar-refractivity contribution in [2.75, 3.05) is 0 Å². The lowest BCUT2D eigenvalue weighted by Crippen LogP contribution is -2.18. The summed E-state index contributed by atoms with van der Waals surface area (Å²) in [6.45, 7) is 1.65. The molecular weight excluding hydrogens is 382 g/mol. The zero-order valence-corrected chi connectivity index (χ0v) is 16.0. The Balaban J connectivity index is 2.14. The Morgan fingerprint density at radius 1 is 1.20 bits per heavy atom. The van der Waals surface area contributed by atoms with Crippen molar-refractivity contribution in [2.45, 2.75) is 6.92 Å². The number of pyridine rings is 2. The number of rotatable bonds is 4. The Kier molecular flexibility index (Phi) is 4.59. The van der Waals surface area contributed by atoms with Crippen LogP contribution in [0, 0.1) is 22.4 Å². The van der Waals surface area contributed by atoms with Crippen LogP contribution in [-0.2, 0) is 0 Å². The van der Waals surface area contributed by atoms with Gasteiger partial charge >= 0.3 is 0 Å². The Morgan fingerprint density at radius 2 is 2.00 bits per heavy atom. The van der Waals surface area contributed by atoms with E-state index in [0.29, 0.717) is 44.2 Å². The number of nitrogens with two attached hydrogens (primary N) is 1. The zero-order valence-electron chi connectivity index (χ0n) is 16.0. The molecule has 0 bridgehead atoms. The van der Waals surface area contributed by atoms with E-state index in [0.717, 1.165) is 6.21 Å². The molecule has 2 aromatic heterocycles. The monoisotopic (exact) mass is 399 g/mol. The van der Waals surface area contributed by atoms with Gasteiger partial charge < -0.3 is 11.1 Å². The first-order valence-corrected chi connectivity index (χ1v) is 9.07. The van der Waals surface area contributed by atoms with Crippen molar-refractivity contribution in [3.63, 3.8) is 0 Å². The third kappa shape index (κ3) is 3.00. The summed E-state index contributed by atoms with van der Waals surface area (Å²) in [4.78, 5) is 28.3. The minimum Gasteiger partial charge on any atom is -0.404 e. The average molecular weight is 399 g/mol. The summed E-state index contributed by atoms with van der Waals surface area (Å²) in [5, 5.41) is 20.4. The number of nitrogens with one attached hydrogen (secondary N) is 1. The quantitative estimate of drug-likeness (QED) is 0.234. The summed E-state index contributed by atoms with van der Waals surface area (Å²) in [6.07, 6.45) is 4.14. The number of fused-ring (bicyclic) bond motifs is 3. The predicted molar refractivity (Wildman–Crippen MR) is 117 cm³/mol. The second kappa shape index (κ2) is 7.25. The van der Waals surface area contributed by atoms with Gasteiger partial charge in [-0.2, -0.15) is 0 Å². The maximum absolute atomic E-state index is 12.9. The standard InChI is InChI=1S/C22H17N5O3/c1-13-2-5-17(9-20(13)27(29)30)26-21(28)7-4-15-12-25-19-6-3-14(16(10-23)11-24)8-18(19)22(15)26/h2-12,23H,24H2,1H3/b16-11+,23-10?. The molecule has 4 rings (SSSR count). The normalized spacial score (nSPS) is 11.7. The Labute approximate surface area is 170 Å². The molecule has 0 atom stereocenters. The largest absolute Gasteiger partial charge is 0.404 e. The summed E-state index contributed by atoms with van der Waals surface area (Å²) < 4.78 is 1.45. The van der Waals surface area contributed by atoms with Crippen LogP contribution in [-0.4, -0.2) is 20.7 Å². The highest BCUT2D eigenvalue weighted by molar-refractivity contribution is 6.11. The first-order valence-electron chi connectivity index (χ1n) is 9.07. The number of aryl methyl sites for hydroxylation is 1. The van der Waals surface area contributed by atoms with Crippen LogP contribution in [0.4, 0.5) is 5.69 Å². The average Bonchev–Trinajstić information content (AvgIpc) is 2.75. The number of nitrogens with zero attached hydrogens (tertiary/aromatic N) is 3. The minimum atomic E-state index is -0.463. The number of hydrogen-bond donors (Lipinski definition) is 2. The number of nitro groups is 1. The molecule has 0 fully saturated rings. The second-order valence-electron chi connectivity index (χ2n) is 6.80.